The second kappa shape index (κ2) is 6.97. The minimum absolute atomic E-state index is 0.451. The number of piperidine rings is 1. The fraction of sp³-hybridized carbons (Fsp3) is 0.706. The Morgan fingerprint density at radius 2 is 2.10 bits per heavy atom. The van der Waals surface area contributed by atoms with Gasteiger partial charge in [-0.2, -0.15) is 0 Å². The lowest BCUT2D eigenvalue weighted by Crippen LogP contribution is -2.46. The van der Waals surface area contributed by atoms with Gasteiger partial charge in [0.1, 0.15) is 5.82 Å². The van der Waals surface area contributed by atoms with Gasteiger partial charge in [-0.1, -0.05) is 39.3 Å². The molecule has 1 N–H and O–H groups in total. The molecule has 4 heteroatoms. The van der Waals surface area contributed by atoms with Crippen molar-refractivity contribution >= 4 is 17.4 Å². The number of aromatic nitrogens is 1. The lowest BCUT2D eigenvalue weighted by Gasteiger charge is -2.42. The summed E-state index contributed by atoms with van der Waals surface area (Å²) in [5, 5.41) is 4.18. The average Bonchev–Trinajstić information content (AvgIpc) is 2.42. The van der Waals surface area contributed by atoms with E-state index in [1.54, 1.807) is 6.20 Å². The van der Waals surface area contributed by atoms with Crippen LogP contribution in [0.25, 0.3) is 0 Å². The molecule has 0 aromatic carbocycles. The first-order chi connectivity index (χ1) is 9.88. The third-order valence-corrected chi connectivity index (χ3v) is 4.85. The molecule has 3 nitrogen and oxygen atoms in total. The summed E-state index contributed by atoms with van der Waals surface area (Å²) in [4.78, 5) is 7.01. The van der Waals surface area contributed by atoms with Gasteiger partial charge in [0.25, 0.3) is 0 Å². The molecule has 118 valence electrons. The average molecular weight is 310 g/mol. The molecule has 1 aliphatic rings. The van der Waals surface area contributed by atoms with Crippen LogP contribution in [-0.2, 0) is 6.54 Å². The Morgan fingerprint density at radius 3 is 2.76 bits per heavy atom. The third-order valence-electron chi connectivity index (χ3n) is 4.51. The summed E-state index contributed by atoms with van der Waals surface area (Å²) in [7, 11) is 0. The van der Waals surface area contributed by atoms with Gasteiger partial charge in [-0.15, -0.1) is 0 Å². The van der Waals surface area contributed by atoms with Gasteiger partial charge in [-0.3, -0.25) is 0 Å². The van der Waals surface area contributed by atoms with Crippen molar-refractivity contribution in [3.05, 3.63) is 22.8 Å². The molecule has 2 heterocycles. The van der Waals surface area contributed by atoms with Crippen molar-refractivity contribution in [2.45, 2.75) is 59.7 Å². The molecule has 1 aliphatic heterocycles. The van der Waals surface area contributed by atoms with E-state index in [1.165, 1.54) is 6.42 Å². The maximum absolute atomic E-state index is 6.29. The van der Waals surface area contributed by atoms with E-state index in [2.05, 4.69) is 55.9 Å². The SMILES string of the molecule is CC1CC(C)C(C)N(c2cc(CNC(C)C)c(Cl)cn2)C1. The van der Waals surface area contributed by atoms with E-state index in [1.807, 2.05) is 0 Å². The number of nitrogens with zero attached hydrogens (tertiary/aromatic N) is 2. The number of hydrogen-bond donors (Lipinski definition) is 1. The summed E-state index contributed by atoms with van der Waals surface area (Å²) in [5.41, 5.74) is 1.13. The molecule has 0 amide bonds. The Balaban J connectivity index is 2.21. The van der Waals surface area contributed by atoms with Gasteiger partial charge >= 0.3 is 0 Å². The number of nitrogens with one attached hydrogen (secondary N) is 1. The van der Waals surface area contributed by atoms with E-state index in [-0.39, 0.29) is 0 Å². The highest BCUT2D eigenvalue weighted by atomic mass is 35.5. The fourth-order valence-corrected chi connectivity index (χ4v) is 3.26. The lowest BCUT2D eigenvalue weighted by atomic mass is 9.86. The predicted octanol–water partition coefficient (Wildman–Crippen LogP) is 4.10. The van der Waals surface area contributed by atoms with Gasteiger partial charge in [-0.05, 0) is 36.8 Å². The molecule has 0 saturated carbocycles. The molecule has 21 heavy (non-hydrogen) atoms. The van der Waals surface area contributed by atoms with Crippen LogP contribution >= 0.6 is 11.6 Å². The van der Waals surface area contributed by atoms with Gasteiger partial charge in [0.05, 0.1) is 5.02 Å². The van der Waals surface area contributed by atoms with Crippen LogP contribution in [0.3, 0.4) is 0 Å². The van der Waals surface area contributed by atoms with Crippen molar-refractivity contribution in [3.63, 3.8) is 0 Å². The normalized spacial score (nSPS) is 26.4. The van der Waals surface area contributed by atoms with Gasteiger partial charge < -0.3 is 10.2 Å². The van der Waals surface area contributed by atoms with Crippen LogP contribution in [0, 0.1) is 11.8 Å². The van der Waals surface area contributed by atoms with Crippen LogP contribution in [0.4, 0.5) is 5.82 Å². The van der Waals surface area contributed by atoms with Gasteiger partial charge in [0, 0.05) is 31.4 Å². The van der Waals surface area contributed by atoms with E-state index >= 15 is 0 Å². The molecule has 1 aromatic rings. The van der Waals surface area contributed by atoms with Crippen LogP contribution < -0.4 is 10.2 Å². The summed E-state index contributed by atoms with van der Waals surface area (Å²) in [6, 6.07) is 3.13. The zero-order valence-electron chi connectivity index (χ0n) is 13.9. The molecule has 3 unspecified atom stereocenters. The molecular weight excluding hydrogens is 282 g/mol. The Bertz CT molecular complexity index is 475. The Labute approximate surface area is 134 Å². The monoisotopic (exact) mass is 309 g/mol. The molecule has 1 aromatic heterocycles. The van der Waals surface area contributed by atoms with Crippen molar-refractivity contribution in [1.29, 1.82) is 0 Å². The number of hydrogen-bond acceptors (Lipinski definition) is 3. The van der Waals surface area contributed by atoms with Crippen LogP contribution in [0.15, 0.2) is 12.3 Å². The van der Waals surface area contributed by atoms with Gasteiger partial charge in [0.15, 0.2) is 0 Å². The zero-order chi connectivity index (χ0) is 15.6. The minimum Gasteiger partial charge on any atom is -0.353 e. The molecule has 1 saturated heterocycles. The maximum atomic E-state index is 6.29. The standard InChI is InChI=1S/C17H28ClN3/c1-11(2)19-8-15-7-17(20-9-16(15)18)21-10-12(3)6-13(4)14(21)5/h7,9,11-14,19H,6,8,10H2,1-5H3. The molecule has 0 bridgehead atoms. The van der Waals surface area contributed by atoms with Gasteiger partial charge in [0.2, 0.25) is 0 Å². The Kier molecular flexibility index (Phi) is 5.50. The lowest BCUT2D eigenvalue weighted by molar-refractivity contribution is 0.295. The van der Waals surface area contributed by atoms with E-state index < -0.39 is 0 Å². The second-order valence-corrected chi connectivity index (χ2v) is 7.29. The molecule has 0 spiro atoms. The highest BCUT2D eigenvalue weighted by Gasteiger charge is 2.29. The summed E-state index contributed by atoms with van der Waals surface area (Å²) in [5.74, 6) is 2.47. The quantitative estimate of drug-likeness (QED) is 0.907. The van der Waals surface area contributed by atoms with Crippen LogP contribution in [-0.4, -0.2) is 23.6 Å². The van der Waals surface area contributed by atoms with Gasteiger partial charge in [-0.25, -0.2) is 4.98 Å². The van der Waals surface area contributed by atoms with Crippen molar-refractivity contribution in [3.8, 4) is 0 Å². The number of rotatable bonds is 4. The first kappa shape index (κ1) is 16.6. The highest BCUT2D eigenvalue weighted by Crippen LogP contribution is 2.31. The fourth-order valence-electron chi connectivity index (χ4n) is 3.09. The van der Waals surface area contributed by atoms with E-state index in [9.17, 15) is 0 Å². The first-order valence-corrected chi connectivity index (χ1v) is 8.40. The number of pyridine rings is 1. The summed E-state index contributed by atoms with van der Waals surface area (Å²) in [6.45, 7) is 13.1. The van der Waals surface area contributed by atoms with Crippen molar-refractivity contribution in [2.24, 2.45) is 11.8 Å². The maximum Gasteiger partial charge on any atom is 0.129 e. The largest absolute Gasteiger partial charge is 0.353 e. The van der Waals surface area contributed by atoms with Crippen molar-refractivity contribution < 1.29 is 0 Å². The molecule has 3 atom stereocenters. The van der Waals surface area contributed by atoms with Crippen molar-refractivity contribution in [1.82, 2.24) is 10.3 Å². The minimum atomic E-state index is 0.451. The molecule has 2 rings (SSSR count). The highest BCUT2D eigenvalue weighted by molar-refractivity contribution is 6.31. The van der Waals surface area contributed by atoms with Crippen LogP contribution in [0.2, 0.25) is 5.02 Å². The Hall–Kier alpha value is -0.800. The van der Waals surface area contributed by atoms with E-state index in [0.717, 1.165) is 29.5 Å². The Morgan fingerprint density at radius 1 is 1.38 bits per heavy atom. The summed E-state index contributed by atoms with van der Waals surface area (Å²) < 4.78 is 0. The predicted molar refractivity (Wildman–Crippen MR) is 91.0 cm³/mol. The second-order valence-electron chi connectivity index (χ2n) is 6.88. The van der Waals surface area contributed by atoms with Crippen molar-refractivity contribution in [2.75, 3.05) is 11.4 Å². The summed E-state index contributed by atoms with van der Waals surface area (Å²) >= 11 is 6.29. The summed E-state index contributed by atoms with van der Waals surface area (Å²) in [6.07, 6.45) is 3.10. The topological polar surface area (TPSA) is 28.2 Å². The van der Waals surface area contributed by atoms with Crippen LogP contribution in [0.5, 0.6) is 0 Å². The van der Waals surface area contributed by atoms with E-state index in [0.29, 0.717) is 23.9 Å². The molecule has 1 fully saturated rings. The molecular formula is C17H28ClN3. The van der Waals surface area contributed by atoms with Crippen LogP contribution in [0.1, 0.15) is 46.6 Å². The number of halogens is 1. The molecule has 0 radical (unpaired) electrons. The molecule has 0 aliphatic carbocycles. The smallest absolute Gasteiger partial charge is 0.129 e. The zero-order valence-corrected chi connectivity index (χ0v) is 14.6. The third kappa shape index (κ3) is 4.10. The van der Waals surface area contributed by atoms with E-state index in [4.69, 9.17) is 11.6 Å². The number of anilines is 1. The first-order valence-electron chi connectivity index (χ1n) is 8.03.